The molecule has 13 aromatic carbocycles. The Bertz CT molecular complexity index is 5830. The smallest absolute Gasteiger partial charge is 0.252 e. The number of fused-ring (bicyclic) bond motifs is 10. The number of hydrogen-bond donors (Lipinski definition) is 0. The van der Waals surface area contributed by atoms with Crippen molar-refractivity contribution in [1.29, 1.82) is 0 Å². The lowest BCUT2D eigenvalue weighted by molar-refractivity contribution is 0.411. The predicted octanol–water partition coefficient (Wildman–Crippen LogP) is 23.4. The first kappa shape index (κ1) is 48.8. The summed E-state index contributed by atoms with van der Waals surface area (Å²) in [5.74, 6) is 0. The normalized spacial score (nSPS) is 15.1. The van der Waals surface area contributed by atoms with E-state index in [4.69, 9.17) is 0 Å². The van der Waals surface area contributed by atoms with E-state index in [-0.39, 0.29) is 63.5 Å². The first-order chi connectivity index (χ1) is 52.4. The van der Waals surface area contributed by atoms with Gasteiger partial charge in [0, 0.05) is 83.4 Å². The van der Waals surface area contributed by atoms with Crippen molar-refractivity contribution < 1.29 is 16.4 Å². The Morgan fingerprint density at radius 3 is 1.05 bits per heavy atom. The zero-order chi connectivity index (χ0) is 77.3. The summed E-state index contributed by atoms with van der Waals surface area (Å²) in [5.41, 5.74) is 18.4. The van der Waals surface area contributed by atoms with Crippen LogP contribution in [-0.4, -0.2) is 15.8 Å². The molecule has 2 aliphatic heterocycles. The van der Waals surface area contributed by atoms with Crippen LogP contribution in [0.4, 0.5) is 34.1 Å². The highest BCUT2D eigenvalue weighted by Crippen LogP contribution is 2.54. The van der Waals surface area contributed by atoms with Gasteiger partial charge in [0.15, 0.2) is 0 Å². The molecule has 0 atom stereocenters. The van der Waals surface area contributed by atoms with Crippen LogP contribution in [0, 0.1) is 16.2 Å². The zero-order valence-corrected chi connectivity index (χ0v) is 56.7. The second kappa shape index (κ2) is 23.5. The quantitative estimate of drug-likeness (QED) is 0.120. The highest BCUT2D eigenvalue weighted by Gasteiger charge is 2.46. The number of aromatic nitrogens is 2. The van der Waals surface area contributed by atoms with Crippen molar-refractivity contribution in [3.05, 3.63) is 308 Å². The summed E-state index contributed by atoms with van der Waals surface area (Å²) in [6, 6.07) is 80.8. The Kier molecular flexibility index (Phi) is 11.7. The Morgan fingerprint density at radius 2 is 0.694 bits per heavy atom. The van der Waals surface area contributed by atoms with Gasteiger partial charge in [0.05, 0.1) is 44.4 Å². The molecule has 0 saturated carbocycles. The molecule has 0 saturated heterocycles. The van der Waals surface area contributed by atoms with E-state index < -0.39 is 42.4 Å². The van der Waals surface area contributed by atoms with E-state index in [0.29, 0.717) is 50.7 Å². The van der Waals surface area contributed by atoms with Gasteiger partial charge >= 0.3 is 0 Å². The maximum Gasteiger partial charge on any atom is 0.252 e. The predicted molar refractivity (Wildman–Crippen MR) is 420 cm³/mol. The van der Waals surface area contributed by atoms with Crippen molar-refractivity contribution in [2.45, 2.75) is 81.5 Å². The van der Waals surface area contributed by atoms with Crippen molar-refractivity contribution in [1.82, 2.24) is 9.13 Å². The second-order valence-electron chi connectivity index (χ2n) is 29.6. The summed E-state index contributed by atoms with van der Waals surface area (Å²) >= 11 is 0. The van der Waals surface area contributed by atoms with Gasteiger partial charge in [0.25, 0.3) is 6.71 Å². The van der Waals surface area contributed by atoms with Gasteiger partial charge in [-0.3, -0.25) is 0 Å². The summed E-state index contributed by atoms with van der Waals surface area (Å²) in [4.78, 5) is 4.90. The molecule has 0 bridgehead atoms. The van der Waals surface area contributed by atoms with Gasteiger partial charge in [-0.1, -0.05) is 281 Å². The molecule has 17 rings (SSSR count). The van der Waals surface area contributed by atoms with Crippen LogP contribution in [0.15, 0.2) is 291 Å². The summed E-state index contributed by atoms with van der Waals surface area (Å²) < 4.78 is 118. The molecule has 15 aromatic rings. The minimum Gasteiger partial charge on any atom is -0.310 e. The van der Waals surface area contributed by atoms with Crippen LogP contribution in [-0.2, 0) is 19.2 Å². The van der Waals surface area contributed by atoms with Crippen molar-refractivity contribution in [2.24, 2.45) is 16.2 Å². The van der Waals surface area contributed by atoms with Gasteiger partial charge in [-0.2, -0.15) is 0 Å². The number of para-hydroxylation sites is 4. The molecule has 98 heavy (non-hydrogen) atoms. The van der Waals surface area contributed by atoms with Crippen molar-refractivity contribution in [3.8, 4) is 55.9 Å². The van der Waals surface area contributed by atoms with Crippen LogP contribution in [0.5, 0.6) is 0 Å². The number of rotatable bonds is 11. The maximum atomic E-state index is 9.93. The molecule has 476 valence electrons. The summed E-state index contributed by atoms with van der Waals surface area (Å²) in [7, 11) is 0. The monoisotopic (exact) mass is 1280 g/mol. The first-order valence-electron chi connectivity index (χ1n) is 40.0. The highest BCUT2D eigenvalue weighted by atomic mass is 15.2. The lowest BCUT2D eigenvalue weighted by Crippen LogP contribution is -2.61. The summed E-state index contributed by atoms with van der Waals surface area (Å²) in [5, 5.41) is 1.54. The third-order valence-electron chi connectivity index (χ3n) is 19.0. The molecule has 0 spiro atoms. The molecule has 4 nitrogen and oxygen atoms in total. The van der Waals surface area contributed by atoms with Crippen LogP contribution in [0.1, 0.15) is 95.5 Å². The SMILES string of the molecule is [2H]c1c([2H])c([2H])c2c(c1[2H])c1cc(C([2H])([2H])C(C)(C)C)ccc1n2-c1ccc2c(c1)N(c1c(-c3ccccc3)cccc1-c1ccccc1)c1cc(CC(C)(C)C)cc3c1B2c1ccc(-n2c4ccc(C([2H])([2H])C(C)(C)C)cc4c4c([2H])c([2H])c([2H])c([2H])c42)cc1N3c1c(-c2ccccc2)cccc1-c1ccccc1. The van der Waals surface area contributed by atoms with Crippen molar-refractivity contribution in [3.63, 3.8) is 0 Å². The van der Waals surface area contributed by atoms with Crippen LogP contribution in [0.3, 0.4) is 0 Å². The molecular weight excluding hydrogens is 1180 g/mol. The standard InChI is InChI=1S/C93H81BN4/c1-91(2,3)58-61-44-50-82-76(52-61)74-36-22-24-42-80(74)95(82)68-46-48-78-84(56-68)97(89-70(64-28-14-10-15-29-64)38-26-39-71(89)65-30-16-11-17-31-65)86-54-63(60-93(7,8)9)55-87-88(86)94(78)79-49-47-69(96-81-43-25-23-37-75(81)77-53-62(45-51-83(77)96)59-92(4,5)6)57-85(79)98(87)90-72(66-32-18-12-19-33-66)40-27-41-73(90)67-34-20-13-21-35-67/h10-57H,58-60H2,1-9H3/i22D,23D,24D,25D,36D,37D,42D,43D,58D2,59D2. The number of benzene rings is 13. The highest BCUT2D eigenvalue weighted by molar-refractivity contribution is 7.00. The largest absolute Gasteiger partial charge is 0.310 e. The zero-order valence-electron chi connectivity index (χ0n) is 68.7. The molecular formula is C93H81BN4. The summed E-state index contributed by atoms with van der Waals surface area (Å²) in [6.45, 7) is 17.4. The Hall–Kier alpha value is -10.9. The van der Waals surface area contributed by atoms with Crippen molar-refractivity contribution >= 4 is 101 Å². The molecule has 0 N–H and O–H groups in total. The fraction of sp³-hybridized carbons (Fsp3) is 0.161. The molecule has 0 fully saturated rings. The fourth-order valence-corrected chi connectivity index (χ4v) is 15.5. The van der Waals surface area contributed by atoms with E-state index in [1.807, 2.05) is 87.1 Å². The van der Waals surface area contributed by atoms with Crippen LogP contribution in [0.25, 0.3) is 99.5 Å². The number of hydrogen-bond acceptors (Lipinski definition) is 2. The van der Waals surface area contributed by atoms with E-state index in [9.17, 15) is 16.4 Å². The van der Waals surface area contributed by atoms with E-state index in [1.54, 1.807) is 24.3 Å². The molecule has 5 heteroatoms. The minimum atomic E-state index is -1.85. The maximum absolute atomic E-state index is 9.93. The van der Waals surface area contributed by atoms with Crippen LogP contribution < -0.4 is 26.2 Å². The lowest BCUT2D eigenvalue weighted by Gasteiger charge is -2.46. The van der Waals surface area contributed by atoms with Crippen molar-refractivity contribution in [2.75, 3.05) is 9.80 Å². The summed E-state index contributed by atoms with van der Waals surface area (Å²) in [6.07, 6.45) is -3.06. The molecule has 0 amide bonds. The van der Waals surface area contributed by atoms with Gasteiger partial charge in [-0.25, -0.2) is 0 Å². The molecule has 0 unspecified atom stereocenters. The molecule has 0 radical (unpaired) electrons. The third-order valence-corrected chi connectivity index (χ3v) is 19.0. The second-order valence-corrected chi connectivity index (χ2v) is 29.6. The van der Waals surface area contributed by atoms with E-state index in [0.717, 1.165) is 101 Å². The molecule has 0 aliphatic carbocycles. The van der Waals surface area contributed by atoms with E-state index >= 15 is 0 Å². The Balaban J connectivity index is 1.05. The average molecular weight is 1280 g/mol. The minimum absolute atomic E-state index is 0.226. The lowest BCUT2D eigenvalue weighted by atomic mass is 9.33. The molecule has 4 heterocycles. The van der Waals surface area contributed by atoms with Gasteiger partial charge in [-0.15, -0.1) is 0 Å². The van der Waals surface area contributed by atoms with Gasteiger partial charge in [0.2, 0.25) is 0 Å². The van der Waals surface area contributed by atoms with E-state index in [1.165, 1.54) is 0 Å². The Labute approximate surface area is 594 Å². The van der Waals surface area contributed by atoms with Crippen LogP contribution in [0.2, 0.25) is 0 Å². The molecule has 2 aliphatic rings. The number of anilines is 6. The third kappa shape index (κ3) is 10.6. The van der Waals surface area contributed by atoms with Gasteiger partial charge < -0.3 is 18.9 Å². The average Bonchev–Trinajstić information content (AvgIpc) is 1.11. The van der Waals surface area contributed by atoms with E-state index in [2.05, 4.69) is 213 Å². The number of nitrogens with zero attached hydrogens (tertiary/aromatic N) is 4. The van der Waals surface area contributed by atoms with Crippen LogP contribution >= 0.6 is 0 Å². The first-order valence-corrected chi connectivity index (χ1v) is 34.0. The van der Waals surface area contributed by atoms with Gasteiger partial charge in [0.1, 0.15) is 0 Å². The van der Waals surface area contributed by atoms with Gasteiger partial charge in [-0.05, 0) is 163 Å². The molecule has 2 aromatic heterocycles. The Morgan fingerprint density at radius 1 is 0.327 bits per heavy atom. The topological polar surface area (TPSA) is 16.3 Å². The fourth-order valence-electron chi connectivity index (χ4n) is 15.5.